The van der Waals surface area contributed by atoms with E-state index < -0.39 is 0 Å². The first-order valence-corrected chi connectivity index (χ1v) is 7.55. The molecule has 1 saturated heterocycles. The van der Waals surface area contributed by atoms with Gasteiger partial charge in [-0.25, -0.2) is 10.3 Å². The lowest BCUT2D eigenvalue weighted by atomic mass is 10.0. The summed E-state index contributed by atoms with van der Waals surface area (Å²) in [6.45, 7) is 2.70. The van der Waals surface area contributed by atoms with Crippen LogP contribution in [0, 0.1) is 0 Å². The minimum absolute atomic E-state index is 0. The number of hydrogen-bond acceptors (Lipinski definition) is 6. The predicted octanol–water partition coefficient (Wildman–Crippen LogP) is 0.384. The summed E-state index contributed by atoms with van der Waals surface area (Å²) in [5.41, 5.74) is 10.3. The zero-order chi connectivity index (χ0) is 14.9. The summed E-state index contributed by atoms with van der Waals surface area (Å²) in [7, 11) is 0. The van der Waals surface area contributed by atoms with E-state index in [1.807, 2.05) is 28.8 Å². The number of benzene rings is 1. The van der Waals surface area contributed by atoms with Crippen molar-refractivity contribution >= 4 is 16.9 Å². The van der Waals surface area contributed by atoms with Crippen molar-refractivity contribution in [3.05, 3.63) is 34.7 Å². The molecule has 22 heavy (non-hydrogen) atoms. The highest BCUT2D eigenvalue weighted by molar-refractivity contribution is 5.84. The van der Waals surface area contributed by atoms with Crippen LogP contribution in [-0.4, -0.2) is 39.9 Å². The normalized spacial score (nSPS) is 19.9. The number of hydrazone groups is 1. The molecule has 1 fully saturated rings. The van der Waals surface area contributed by atoms with Crippen molar-refractivity contribution in [3.8, 4) is 0 Å². The van der Waals surface area contributed by atoms with Crippen molar-refractivity contribution in [2.75, 3.05) is 19.6 Å². The van der Waals surface area contributed by atoms with Gasteiger partial charge in [0, 0.05) is 22.0 Å². The molecule has 1 aromatic carbocycles. The number of piperidine rings is 1. The lowest BCUT2D eigenvalue weighted by Crippen LogP contribution is -2.44. The molecule has 3 heterocycles. The van der Waals surface area contributed by atoms with Crippen LogP contribution in [0.5, 0.6) is 0 Å². The first-order chi connectivity index (χ1) is 10.8. The summed E-state index contributed by atoms with van der Waals surface area (Å²) >= 11 is 0. The predicted molar refractivity (Wildman–Crippen MR) is 88.3 cm³/mol. The molecule has 0 atom stereocenters. The number of fused-ring (bicyclic) bond motifs is 1. The summed E-state index contributed by atoms with van der Waals surface area (Å²) in [6, 6.07) is 8.14. The highest BCUT2D eigenvalue weighted by Crippen LogP contribution is 2.24. The highest BCUT2D eigenvalue weighted by Gasteiger charge is 2.24. The quantitative estimate of drug-likeness (QED) is 0.658. The summed E-state index contributed by atoms with van der Waals surface area (Å²) in [4.78, 5) is 17.5. The van der Waals surface area contributed by atoms with Gasteiger partial charge in [0.2, 0.25) is 0 Å². The van der Waals surface area contributed by atoms with Crippen LogP contribution in [0.15, 0.2) is 34.2 Å². The van der Waals surface area contributed by atoms with E-state index in [0.717, 1.165) is 49.3 Å². The first kappa shape index (κ1) is 13.4. The van der Waals surface area contributed by atoms with Gasteiger partial charge in [-0.2, -0.15) is 0 Å². The van der Waals surface area contributed by atoms with E-state index >= 15 is 0 Å². The number of nitrogens with one attached hydrogen (secondary N) is 4. The Balaban J connectivity index is 0.00000104. The Morgan fingerprint density at radius 1 is 1.27 bits per heavy atom. The first-order valence-electron chi connectivity index (χ1n) is 7.55. The number of aromatic amines is 1. The molecule has 0 radical (unpaired) electrons. The fraction of sp³-hybridized carbons (Fsp3) is 0.429. The zero-order valence-corrected chi connectivity index (χ0v) is 12.2. The number of rotatable bonds is 3. The number of hydrazine groups is 2. The van der Waals surface area contributed by atoms with Gasteiger partial charge in [-0.15, -0.1) is 10.6 Å². The Labute approximate surface area is 130 Å². The molecular weight excluding hydrogens is 282 g/mol. The van der Waals surface area contributed by atoms with Crippen LogP contribution in [0.3, 0.4) is 0 Å². The summed E-state index contributed by atoms with van der Waals surface area (Å²) < 4.78 is 1.92. The van der Waals surface area contributed by atoms with Gasteiger partial charge in [0.05, 0.1) is 17.6 Å². The van der Waals surface area contributed by atoms with Gasteiger partial charge in [-0.1, -0.05) is 12.1 Å². The van der Waals surface area contributed by atoms with E-state index in [2.05, 4.69) is 31.5 Å². The monoisotopic (exact) mass is 305 g/mol. The Morgan fingerprint density at radius 2 is 2.09 bits per heavy atom. The number of hydrogen-bond donors (Lipinski definition) is 4. The van der Waals surface area contributed by atoms with Crippen molar-refractivity contribution in [2.24, 2.45) is 5.10 Å². The second-order valence-corrected chi connectivity index (χ2v) is 5.74. The molecule has 4 rings (SSSR count). The number of para-hydroxylation sites is 2. The lowest BCUT2D eigenvalue weighted by molar-refractivity contribution is 0.207. The standard InChI is InChI=1S/C14H19N7O.2H2/c22-14-15-11-3-1-2-4-12(11)21(14)10-5-7-20(8-6-10)9-13-16-18-19-17-13;;/h1-4,10,18-19H,5-9H2,(H,15,22)(H,16,17);2*1H. The fourth-order valence-corrected chi connectivity index (χ4v) is 3.28. The molecule has 2 aliphatic heterocycles. The van der Waals surface area contributed by atoms with Crippen LogP contribution >= 0.6 is 0 Å². The molecular formula is C14H23N7O. The van der Waals surface area contributed by atoms with Crippen molar-refractivity contribution in [1.82, 2.24) is 30.9 Å². The van der Waals surface area contributed by atoms with Gasteiger partial charge in [0.1, 0.15) is 0 Å². The Bertz CT molecular complexity index is 764. The largest absolute Gasteiger partial charge is 0.326 e. The van der Waals surface area contributed by atoms with Crippen LogP contribution in [0.1, 0.15) is 21.7 Å². The molecule has 8 nitrogen and oxygen atoms in total. The van der Waals surface area contributed by atoms with Crippen LogP contribution in [0.25, 0.3) is 11.0 Å². The van der Waals surface area contributed by atoms with Gasteiger partial charge >= 0.3 is 5.69 Å². The fourth-order valence-electron chi connectivity index (χ4n) is 3.28. The molecule has 0 unspecified atom stereocenters. The molecule has 8 heteroatoms. The zero-order valence-electron chi connectivity index (χ0n) is 12.2. The maximum absolute atomic E-state index is 12.2. The average molecular weight is 305 g/mol. The molecule has 0 amide bonds. The van der Waals surface area contributed by atoms with Crippen LogP contribution < -0.4 is 22.2 Å². The van der Waals surface area contributed by atoms with Crippen molar-refractivity contribution in [3.63, 3.8) is 0 Å². The second kappa shape index (κ2) is 5.47. The molecule has 0 saturated carbocycles. The number of nitrogens with zero attached hydrogens (tertiary/aromatic N) is 3. The Morgan fingerprint density at radius 3 is 2.86 bits per heavy atom. The summed E-state index contributed by atoms with van der Waals surface area (Å²) in [5.74, 6) is 0.891. The van der Waals surface area contributed by atoms with E-state index in [1.165, 1.54) is 0 Å². The molecule has 1 aromatic heterocycles. The van der Waals surface area contributed by atoms with Gasteiger partial charge in [0.25, 0.3) is 0 Å². The van der Waals surface area contributed by atoms with Crippen LogP contribution in [0.2, 0.25) is 0 Å². The van der Waals surface area contributed by atoms with E-state index in [9.17, 15) is 4.79 Å². The van der Waals surface area contributed by atoms with Gasteiger partial charge in [-0.05, 0) is 25.0 Å². The molecule has 2 aromatic rings. The third kappa shape index (κ3) is 2.36. The maximum Gasteiger partial charge on any atom is 0.326 e. The molecule has 2 aliphatic rings. The number of H-pyrrole nitrogens is 1. The smallest absolute Gasteiger partial charge is 0.306 e. The van der Waals surface area contributed by atoms with Gasteiger partial charge in [0.15, 0.2) is 5.84 Å². The van der Waals surface area contributed by atoms with Crippen LogP contribution in [0.4, 0.5) is 0 Å². The molecule has 120 valence electrons. The number of amidine groups is 1. The summed E-state index contributed by atoms with van der Waals surface area (Å²) in [5, 5.41) is 4.10. The Hall–Kier alpha value is -2.32. The minimum atomic E-state index is -0.00474. The topological polar surface area (TPSA) is 89.5 Å². The third-order valence-electron chi connectivity index (χ3n) is 4.37. The van der Waals surface area contributed by atoms with E-state index in [-0.39, 0.29) is 14.6 Å². The molecule has 0 spiro atoms. The van der Waals surface area contributed by atoms with Crippen molar-refractivity contribution in [2.45, 2.75) is 18.9 Å². The van der Waals surface area contributed by atoms with E-state index in [1.54, 1.807) is 0 Å². The molecule has 0 aliphatic carbocycles. The van der Waals surface area contributed by atoms with Gasteiger partial charge in [-0.3, -0.25) is 14.9 Å². The number of imidazole rings is 1. The van der Waals surface area contributed by atoms with Crippen LogP contribution in [-0.2, 0) is 0 Å². The molecule has 4 N–H and O–H groups in total. The second-order valence-electron chi connectivity index (χ2n) is 5.74. The number of aromatic nitrogens is 2. The van der Waals surface area contributed by atoms with E-state index in [4.69, 9.17) is 0 Å². The van der Waals surface area contributed by atoms with Gasteiger partial charge < -0.3 is 4.98 Å². The summed E-state index contributed by atoms with van der Waals surface area (Å²) in [6.07, 6.45) is 1.94. The number of likely N-dealkylation sites (tertiary alicyclic amines) is 1. The minimum Gasteiger partial charge on any atom is -0.306 e. The Kier molecular flexibility index (Phi) is 3.32. The lowest BCUT2D eigenvalue weighted by Gasteiger charge is -2.32. The van der Waals surface area contributed by atoms with Crippen molar-refractivity contribution < 1.29 is 2.85 Å². The SMILES string of the molecule is O=c1[nH]c2ccccc2n1C1CCN(CC2=NNNN2)CC1.[HH].[HH]. The van der Waals surface area contributed by atoms with Crippen molar-refractivity contribution in [1.29, 1.82) is 0 Å². The highest BCUT2D eigenvalue weighted by atomic mass is 16.1. The third-order valence-corrected chi connectivity index (χ3v) is 4.37. The van der Waals surface area contributed by atoms with E-state index in [0.29, 0.717) is 0 Å². The average Bonchev–Trinajstić information content (AvgIpc) is 3.15. The molecule has 0 bridgehead atoms. The maximum atomic E-state index is 12.2.